The van der Waals surface area contributed by atoms with E-state index >= 15 is 0 Å². The van der Waals surface area contributed by atoms with Crippen molar-refractivity contribution in [1.29, 1.82) is 0 Å². The van der Waals surface area contributed by atoms with E-state index in [0.29, 0.717) is 17.1 Å². The number of imidazole rings is 1. The fraction of sp³-hybridized carbons (Fsp3) is 0.269. The molecule has 317 valence electrons. The first kappa shape index (κ1) is 44.4. The van der Waals surface area contributed by atoms with Gasteiger partial charge in [-0.1, -0.05) is 139 Å². The van der Waals surface area contributed by atoms with E-state index in [0.717, 1.165) is 50.9 Å². The zero-order chi connectivity index (χ0) is 43.1. The number of hydrogen-bond acceptors (Lipinski definition) is 7. The molecule has 8 nitrogen and oxygen atoms in total. The van der Waals surface area contributed by atoms with Gasteiger partial charge in [-0.05, 0) is 85.4 Å². The summed E-state index contributed by atoms with van der Waals surface area (Å²) in [6.45, 7) is 22.9. The summed E-state index contributed by atoms with van der Waals surface area (Å²) >= 11 is 0. The number of aromatic nitrogens is 7. The minimum atomic E-state index is -1.37. The first-order chi connectivity index (χ1) is 29.2. The van der Waals surface area contributed by atoms with Crippen LogP contribution < -0.4 is 5.19 Å². The third kappa shape index (κ3) is 9.10. The molecule has 62 heavy (non-hydrogen) atoms. The number of para-hydroxylation sites is 1. The number of hydrogen-bond donors (Lipinski definition) is 0. The van der Waals surface area contributed by atoms with Crippen LogP contribution in [0.25, 0.3) is 72.7 Å². The zero-order valence-electron chi connectivity index (χ0n) is 37.2. The Balaban J connectivity index is 0.000000223. The topological polar surface area (TPSA) is 95.4 Å². The maximum absolute atomic E-state index is 6.40. The van der Waals surface area contributed by atoms with Gasteiger partial charge in [-0.2, -0.15) is 0 Å². The van der Waals surface area contributed by atoms with Crippen LogP contribution in [0.3, 0.4) is 0 Å². The molecular formula is C52H53IrN7OSi-2. The third-order valence-corrected chi connectivity index (χ3v) is 13.0. The summed E-state index contributed by atoms with van der Waals surface area (Å²) in [6, 6.07) is 44.1. The molecule has 9 aromatic rings. The zero-order valence-corrected chi connectivity index (χ0v) is 40.6. The van der Waals surface area contributed by atoms with Gasteiger partial charge in [-0.15, -0.1) is 64.3 Å². The van der Waals surface area contributed by atoms with Crippen molar-refractivity contribution in [2.45, 2.75) is 86.4 Å². The van der Waals surface area contributed by atoms with E-state index in [-0.39, 0.29) is 37.4 Å². The molecule has 0 saturated carbocycles. The van der Waals surface area contributed by atoms with Gasteiger partial charge in [0.1, 0.15) is 5.58 Å². The van der Waals surface area contributed by atoms with E-state index in [1.54, 1.807) is 0 Å². The Kier molecular flexibility index (Phi) is 12.9. The average molecular weight is 1010 g/mol. The molecule has 1 radical (unpaired) electrons. The summed E-state index contributed by atoms with van der Waals surface area (Å²) in [7, 11) is -1.37. The van der Waals surface area contributed by atoms with Crippen LogP contribution in [-0.4, -0.2) is 43.2 Å². The van der Waals surface area contributed by atoms with Crippen molar-refractivity contribution in [2.75, 3.05) is 0 Å². The van der Waals surface area contributed by atoms with E-state index < -0.39 is 8.07 Å². The van der Waals surface area contributed by atoms with Gasteiger partial charge >= 0.3 is 0 Å². The fourth-order valence-electron chi connectivity index (χ4n) is 8.12. The minimum Gasteiger partial charge on any atom is -0.501 e. The van der Waals surface area contributed by atoms with Crippen molar-refractivity contribution in [3.8, 4) is 39.5 Å². The van der Waals surface area contributed by atoms with Crippen molar-refractivity contribution >= 4 is 46.5 Å². The monoisotopic (exact) mass is 1010 g/mol. The summed E-state index contributed by atoms with van der Waals surface area (Å²) in [5, 5.41) is 19.9. The van der Waals surface area contributed by atoms with Crippen molar-refractivity contribution in [2.24, 2.45) is 5.41 Å². The summed E-state index contributed by atoms with van der Waals surface area (Å²) in [5.41, 5.74) is 12.9. The molecule has 0 spiro atoms. The van der Waals surface area contributed by atoms with E-state index in [2.05, 4.69) is 166 Å². The van der Waals surface area contributed by atoms with E-state index in [1.807, 2.05) is 54.6 Å². The largest absolute Gasteiger partial charge is 0.501 e. The van der Waals surface area contributed by atoms with Gasteiger partial charge in [0.15, 0.2) is 0 Å². The molecule has 0 atom stereocenters. The predicted octanol–water partition coefficient (Wildman–Crippen LogP) is 12.6. The Morgan fingerprint density at radius 3 is 2.06 bits per heavy atom. The van der Waals surface area contributed by atoms with Crippen molar-refractivity contribution in [3.05, 3.63) is 144 Å². The van der Waals surface area contributed by atoms with Crippen molar-refractivity contribution in [1.82, 2.24) is 35.2 Å². The second kappa shape index (κ2) is 18.0. The number of furan rings is 1. The van der Waals surface area contributed by atoms with Crippen LogP contribution in [0.1, 0.15) is 77.0 Å². The van der Waals surface area contributed by atoms with Crippen LogP contribution in [0.4, 0.5) is 0 Å². The standard InChI is InChI=1S/C33H27N6O.C19H26NSi.Ir/c1-19(2)26-17-22(21-11-6-5-7-12-21)18-27(20(3)4)29(26)39-32(34-31-33(39)36-38-37-35-31)25-15-10-14-24-23-13-8-9-16-28(23)40-30(24)25;1-19(2,3)13-16-12-17(15-10-8-7-9-11-15)20-14-18(16)21(4,5)6;/h5-14,16-20H,1-4H3;7-10,12,14H,13H2,1-6H3;/q2*-1;. The van der Waals surface area contributed by atoms with Crippen molar-refractivity contribution < 1.29 is 24.5 Å². The maximum atomic E-state index is 6.40. The average Bonchev–Trinajstić information content (AvgIpc) is 3.82. The Bertz CT molecular complexity index is 2950. The van der Waals surface area contributed by atoms with Crippen LogP contribution in [0, 0.1) is 17.5 Å². The fourth-order valence-corrected chi connectivity index (χ4v) is 9.70. The van der Waals surface area contributed by atoms with Gasteiger partial charge in [0.2, 0.25) is 11.3 Å². The Labute approximate surface area is 379 Å². The van der Waals surface area contributed by atoms with Gasteiger partial charge in [0, 0.05) is 37.4 Å². The van der Waals surface area contributed by atoms with Gasteiger partial charge in [0.05, 0.1) is 19.5 Å². The third-order valence-electron chi connectivity index (χ3n) is 11.0. The van der Waals surface area contributed by atoms with Crippen LogP contribution in [0.15, 0.2) is 120 Å². The molecule has 9 rings (SSSR count). The smallest absolute Gasteiger partial charge is 0.214 e. The van der Waals surface area contributed by atoms with Gasteiger partial charge in [0.25, 0.3) is 0 Å². The quantitative estimate of drug-likeness (QED) is 0.110. The molecule has 4 aromatic heterocycles. The predicted molar refractivity (Wildman–Crippen MR) is 252 cm³/mol. The first-order valence-corrected chi connectivity index (χ1v) is 24.6. The summed E-state index contributed by atoms with van der Waals surface area (Å²) in [6.07, 6.45) is 3.21. The van der Waals surface area contributed by atoms with Gasteiger partial charge in [-0.25, -0.2) is 0 Å². The molecule has 4 heterocycles. The molecule has 0 saturated heterocycles. The van der Waals surface area contributed by atoms with Crippen molar-refractivity contribution in [3.63, 3.8) is 0 Å². The Morgan fingerprint density at radius 2 is 1.40 bits per heavy atom. The molecule has 10 heteroatoms. The number of fused-ring (bicyclic) bond motifs is 4. The van der Waals surface area contributed by atoms with E-state index in [9.17, 15) is 0 Å². The molecule has 5 aromatic carbocycles. The van der Waals surface area contributed by atoms with Gasteiger partial charge in [-0.3, -0.25) is 4.98 Å². The number of pyridine rings is 1. The van der Waals surface area contributed by atoms with E-state index in [4.69, 9.17) is 14.4 Å². The number of nitrogens with zero attached hydrogens (tertiary/aromatic N) is 7. The van der Waals surface area contributed by atoms with Gasteiger partial charge < -0.3 is 14.0 Å². The first-order valence-electron chi connectivity index (χ1n) is 21.1. The van der Waals surface area contributed by atoms with E-state index in [1.165, 1.54) is 33.0 Å². The number of benzene rings is 5. The summed E-state index contributed by atoms with van der Waals surface area (Å²) < 4.78 is 8.48. The second-order valence-corrected chi connectivity index (χ2v) is 23.7. The summed E-state index contributed by atoms with van der Waals surface area (Å²) in [4.78, 5) is 9.67. The molecule has 0 aliphatic heterocycles. The molecular weight excluding hydrogens is 959 g/mol. The van der Waals surface area contributed by atoms with Crippen LogP contribution in [-0.2, 0) is 26.5 Å². The SMILES string of the molecule is CC(C)(C)Cc1cc(-c2[c-]cccc2)ncc1[Si](C)(C)C.CC(C)c1cc(-c2ccccc2)cc(C(C)C)c1-n1c(-c2[c-]ccc3c2oc2ccccc23)nc2nnnnc21.[Ir]. The molecule has 0 aliphatic rings. The molecule has 0 amide bonds. The molecule has 0 bridgehead atoms. The maximum Gasteiger partial charge on any atom is 0.214 e. The molecule has 0 N–H and O–H groups in total. The number of rotatable bonds is 8. The summed E-state index contributed by atoms with van der Waals surface area (Å²) in [5.74, 6) is 1.08. The Morgan fingerprint density at radius 1 is 0.726 bits per heavy atom. The van der Waals surface area contributed by atoms with Crippen LogP contribution in [0.2, 0.25) is 19.6 Å². The van der Waals surface area contributed by atoms with Crippen LogP contribution >= 0.6 is 0 Å². The second-order valence-electron chi connectivity index (χ2n) is 18.7. The molecule has 0 fully saturated rings. The minimum absolute atomic E-state index is 0. The Hall–Kier alpha value is -5.67. The molecule has 0 unspecified atom stereocenters. The normalized spacial score (nSPS) is 11.9. The molecule has 0 aliphatic carbocycles. The van der Waals surface area contributed by atoms with Crippen LogP contribution in [0.5, 0.6) is 0 Å².